The molecule has 0 aliphatic rings. The first-order chi connectivity index (χ1) is 13.6. The maximum Gasteiger partial charge on any atom is 0.230 e. The van der Waals surface area contributed by atoms with Gasteiger partial charge in [0, 0.05) is 12.1 Å². The number of aryl methyl sites for hydroxylation is 2. The Bertz CT molecular complexity index is 937. The van der Waals surface area contributed by atoms with Gasteiger partial charge in [0.15, 0.2) is 11.0 Å². The topological polar surface area (TPSA) is 59.8 Å². The molecule has 0 aliphatic heterocycles. The number of nitrogens with zero attached hydrogens (tertiary/aromatic N) is 3. The zero-order chi connectivity index (χ0) is 19.9. The molecule has 1 heterocycles. The zero-order valence-corrected chi connectivity index (χ0v) is 17.4. The molecule has 0 fully saturated rings. The lowest BCUT2D eigenvalue weighted by Crippen LogP contribution is -2.26. The predicted octanol–water partition coefficient (Wildman–Crippen LogP) is 4.56. The third-order valence-electron chi connectivity index (χ3n) is 4.60. The van der Waals surface area contributed by atoms with Crippen molar-refractivity contribution >= 4 is 17.7 Å². The van der Waals surface area contributed by atoms with Gasteiger partial charge in [-0.05, 0) is 43.5 Å². The molecular formula is C22H26N4OS. The van der Waals surface area contributed by atoms with Crippen LogP contribution in [0.3, 0.4) is 0 Å². The van der Waals surface area contributed by atoms with E-state index in [-0.39, 0.29) is 5.91 Å². The fourth-order valence-corrected chi connectivity index (χ4v) is 3.60. The molecule has 146 valence electrons. The van der Waals surface area contributed by atoms with Gasteiger partial charge in [-0.3, -0.25) is 9.36 Å². The molecule has 1 aromatic heterocycles. The van der Waals surface area contributed by atoms with E-state index in [1.165, 1.54) is 22.9 Å². The first kappa shape index (κ1) is 20.1. The van der Waals surface area contributed by atoms with Gasteiger partial charge in [0.2, 0.25) is 5.91 Å². The van der Waals surface area contributed by atoms with Gasteiger partial charge in [-0.25, -0.2) is 0 Å². The number of hydrogen-bond acceptors (Lipinski definition) is 4. The minimum atomic E-state index is 0.0225. The summed E-state index contributed by atoms with van der Waals surface area (Å²) in [6.07, 6.45) is 2.06. The van der Waals surface area contributed by atoms with Gasteiger partial charge in [-0.2, -0.15) is 0 Å². The lowest BCUT2D eigenvalue weighted by Gasteiger charge is -2.12. The number of carbonyl (C=O) groups is 1. The second kappa shape index (κ2) is 9.55. The molecule has 0 bridgehead atoms. The molecule has 0 saturated carbocycles. The largest absolute Gasteiger partial charge is 0.355 e. The summed E-state index contributed by atoms with van der Waals surface area (Å²) in [5.41, 5.74) is 4.44. The van der Waals surface area contributed by atoms with Gasteiger partial charge in [-0.15, -0.1) is 10.2 Å². The Morgan fingerprint density at radius 2 is 1.86 bits per heavy atom. The van der Waals surface area contributed by atoms with Crippen LogP contribution in [0.25, 0.3) is 17.1 Å². The number of amides is 1. The average molecular weight is 395 g/mol. The molecular weight excluding hydrogens is 368 g/mol. The summed E-state index contributed by atoms with van der Waals surface area (Å²) in [6.45, 7) is 7.02. The molecule has 5 nitrogen and oxygen atoms in total. The van der Waals surface area contributed by atoms with Crippen LogP contribution >= 0.6 is 11.8 Å². The van der Waals surface area contributed by atoms with Crippen LogP contribution in [0.4, 0.5) is 0 Å². The van der Waals surface area contributed by atoms with E-state index in [0.29, 0.717) is 10.9 Å². The molecule has 6 heteroatoms. The first-order valence-corrected chi connectivity index (χ1v) is 10.6. The maximum absolute atomic E-state index is 12.1. The molecule has 0 radical (unpaired) electrons. The number of unbranched alkanes of at least 4 members (excludes halogenated alkanes) is 1. The molecule has 0 atom stereocenters. The van der Waals surface area contributed by atoms with Crippen molar-refractivity contribution in [1.82, 2.24) is 20.1 Å². The molecule has 1 N–H and O–H groups in total. The Morgan fingerprint density at radius 1 is 1.07 bits per heavy atom. The molecule has 3 rings (SSSR count). The lowest BCUT2D eigenvalue weighted by atomic mass is 10.1. The standard InChI is InChI=1S/C22H26N4OS/c1-4-5-13-23-20(27)15-28-22-25-24-21(18-9-7-6-8-10-18)26(22)19-12-11-16(2)17(3)14-19/h6-12,14H,4-5,13,15H2,1-3H3,(H,23,27). The number of thioether (sulfide) groups is 1. The van der Waals surface area contributed by atoms with Crippen LogP contribution < -0.4 is 5.32 Å². The second-order valence-corrected chi connectivity index (χ2v) is 7.71. The van der Waals surface area contributed by atoms with Crippen LogP contribution in [-0.4, -0.2) is 33.0 Å². The van der Waals surface area contributed by atoms with Crippen molar-refractivity contribution in [3.63, 3.8) is 0 Å². The van der Waals surface area contributed by atoms with Crippen molar-refractivity contribution < 1.29 is 4.79 Å². The third kappa shape index (κ3) is 4.81. The number of rotatable bonds is 8. The van der Waals surface area contributed by atoms with Crippen LogP contribution in [-0.2, 0) is 4.79 Å². The van der Waals surface area contributed by atoms with E-state index >= 15 is 0 Å². The Morgan fingerprint density at radius 3 is 2.57 bits per heavy atom. The van der Waals surface area contributed by atoms with Crippen molar-refractivity contribution in [3.8, 4) is 17.1 Å². The summed E-state index contributed by atoms with van der Waals surface area (Å²) in [5.74, 6) is 1.12. The maximum atomic E-state index is 12.1. The predicted molar refractivity (Wildman–Crippen MR) is 115 cm³/mol. The van der Waals surface area contributed by atoms with E-state index < -0.39 is 0 Å². The molecule has 0 unspecified atom stereocenters. The first-order valence-electron chi connectivity index (χ1n) is 9.58. The van der Waals surface area contributed by atoms with Crippen molar-refractivity contribution in [2.75, 3.05) is 12.3 Å². The molecule has 3 aromatic rings. The van der Waals surface area contributed by atoms with E-state index in [1.54, 1.807) is 0 Å². The summed E-state index contributed by atoms with van der Waals surface area (Å²) in [6, 6.07) is 16.3. The summed E-state index contributed by atoms with van der Waals surface area (Å²) < 4.78 is 2.03. The van der Waals surface area contributed by atoms with Gasteiger partial charge >= 0.3 is 0 Å². The van der Waals surface area contributed by atoms with Gasteiger partial charge in [0.05, 0.1) is 11.4 Å². The third-order valence-corrected chi connectivity index (χ3v) is 5.53. The fraction of sp³-hybridized carbons (Fsp3) is 0.318. The van der Waals surface area contributed by atoms with E-state index in [1.807, 2.05) is 34.9 Å². The Balaban J connectivity index is 1.91. The van der Waals surface area contributed by atoms with Crippen LogP contribution in [0.2, 0.25) is 0 Å². The number of hydrogen-bond donors (Lipinski definition) is 1. The molecule has 28 heavy (non-hydrogen) atoms. The summed E-state index contributed by atoms with van der Waals surface area (Å²) in [5, 5.41) is 12.5. The number of carbonyl (C=O) groups excluding carboxylic acids is 1. The highest BCUT2D eigenvalue weighted by molar-refractivity contribution is 7.99. The van der Waals surface area contributed by atoms with Gasteiger partial charge in [-0.1, -0.05) is 61.5 Å². The molecule has 0 saturated heterocycles. The van der Waals surface area contributed by atoms with Crippen LogP contribution in [0.5, 0.6) is 0 Å². The average Bonchev–Trinajstić information content (AvgIpc) is 3.13. The Hall–Kier alpha value is -2.60. The highest BCUT2D eigenvalue weighted by atomic mass is 32.2. The molecule has 1 amide bonds. The van der Waals surface area contributed by atoms with Crippen molar-refractivity contribution in [2.45, 2.75) is 38.8 Å². The number of nitrogens with one attached hydrogen (secondary N) is 1. The summed E-state index contributed by atoms with van der Waals surface area (Å²) in [7, 11) is 0. The monoisotopic (exact) mass is 394 g/mol. The summed E-state index contributed by atoms with van der Waals surface area (Å²) >= 11 is 1.41. The Labute approximate surface area is 170 Å². The molecule has 0 aliphatic carbocycles. The quantitative estimate of drug-likeness (QED) is 0.449. The van der Waals surface area contributed by atoms with Gasteiger partial charge in [0.1, 0.15) is 0 Å². The normalized spacial score (nSPS) is 10.8. The van der Waals surface area contributed by atoms with Crippen LogP contribution in [0.15, 0.2) is 53.7 Å². The van der Waals surface area contributed by atoms with Crippen molar-refractivity contribution in [3.05, 3.63) is 59.7 Å². The molecule has 0 spiro atoms. The minimum absolute atomic E-state index is 0.0225. The van der Waals surface area contributed by atoms with E-state index in [0.717, 1.165) is 36.5 Å². The highest BCUT2D eigenvalue weighted by Gasteiger charge is 2.17. The second-order valence-electron chi connectivity index (χ2n) is 6.77. The highest BCUT2D eigenvalue weighted by Crippen LogP contribution is 2.28. The molecule has 2 aromatic carbocycles. The van der Waals surface area contributed by atoms with Crippen molar-refractivity contribution in [1.29, 1.82) is 0 Å². The minimum Gasteiger partial charge on any atom is -0.355 e. The smallest absolute Gasteiger partial charge is 0.230 e. The number of benzene rings is 2. The van der Waals surface area contributed by atoms with Gasteiger partial charge in [0.25, 0.3) is 0 Å². The van der Waals surface area contributed by atoms with Crippen molar-refractivity contribution in [2.24, 2.45) is 0 Å². The lowest BCUT2D eigenvalue weighted by molar-refractivity contribution is -0.118. The SMILES string of the molecule is CCCCNC(=O)CSc1nnc(-c2ccccc2)n1-c1ccc(C)c(C)c1. The fourth-order valence-electron chi connectivity index (χ4n) is 2.82. The zero-order valence-electron chi connectivity index (χ0n) is 16.6. The van der Waals surface area contributed by atoms with Crippen LogP contribution in [0, 0.1) is 13.8 Å². The van der Waals surface area contributed by atoms with E-state index in [2.05, 4.69) is 54.5 Å². The van der Waals surface area contributed by atoms with Gasteiger partial charge < -0.3 is 5.32 Å². The van der Waals surface area contributed by atoms with Crippen LogP contribution in [0.1, 0.15) is 30.9 Å². The van der Waals surface area contributed by atoms with E-state index in [9.17, 15) is 4.79 Å². The Kier molecular flexibility index (Phi) is 6.87. The summed E-state index contributed by atoms with van der Waals surface area (Å²) in [4.78, 5) is 12.1. The number of aromatic nitrogens is 3. The van der Waals surface area contributed by atoms with E-state index in [4.69, 9.17) is 0 Å².